The van der Waals surface area contributed by atoms with E-state index in [2.05, 4.69) is 15.4 Å². The summed E-state index contributed by atoms with van der Waals surface area (Å²) in [5.41, 5.74) is 4.97. The van der Waals surface area contributed by atoms with Crippen molar-refractivity contribution in [1.82, 2.24) is 10.2 Å². The minimum Gasteiger partial charge on any atom is -0.409 e. The first-order chi connectivity index (χ1) is 9.03. The monoisotopic (exact) mass is 270 g/mol. The molecule has 19 heavy (non-hydrogen) atoms. The number of hydrogen-bond donors (Lipinski definition) is 3. The Balaban J connectivity index is 2.58. The largest absolute Gasteiger partial charge is 0.409 e. The number of amides is 1. The van der Waals surface area contributed by atoms with E-state index in [1.807, 2.05) is 14.1 Å². The van der Waals surface area contributed by atoms with Crippen LogP contribution in [0.15, 0.2) is 5.16 Å². The summed E-state index contributed by atoms with van der Waals surface area (Å²) < 4.78 is 0. The van der Waals surface area contributed by atoms with Crippen molar-refractivity contribution in [3.05, 3.63) is 0 Å². The normalized spacial score (nSPS) is 19.4. The Bertz CT molecular complexity index is 323. The molecule has 6 nitrogen and oxygen atoms in total. The first kappa shape index (κ1) is 15.8. The average molecular weight is 270 g/mol. The van der Waals surface area contributed by atoms with Crippen LogP contribution < -0.4 is 11.1 Å². The summed E-state index contributed by atoms with van der Waals surface area (Å²) in [6.07, 6.45) is 5.23. The van der Waals surface area contributed by atoms with E-state index in [1.54, 1.807) is 0 Å². The summed E-state index contributed by atoms with van der Waals surface area (Å²) in [5, 5.41) is 14.9. The quantitative estimate of drug-likeness (QED) is 0.218. The zero-order valence-electron chi connectivity index (χ0n) is 12.0. The summed E-state index contributed by atoms with van der Waals surface area (Å²) in [4.78, 5) is 14.4. The molecule has 6 heteroatoms. The van der Waals surface area contributed by atoms with Crippen molar-refractivity contribution in [1.29, 1.82) is 0 Å². The van der Waals surface area contributed by atoms with Crippen LogP contribution in [0.5, 0.6) is 0 Å². The highest BCUT2D eigenvalue weighted by Crippen LogP contribution is 2.36. The number of carbonyl (C=O) groups excluding carboxylic acids is 1. The van der Waals surface area contributed by atoms with Crippen LogP contribution in [0.1, 0.15) is 38.5 Å². The number of amidine groups is 1. The van der Waals surface area contributed by atoms with Crippen LogP contribution in [-0.2, 0) is 4.79 Å². The zero-order valence-corrected chi connectivity index (χ0v) is 12.0. The second-order valence-corrected chi connectivity index (χ2v) is 5.54. The summed E-state index contributed by atoms with van der Waals surface area (Å²) in [7, 11) is 4.00. The molecule has 0 spiro atoms. The molecule has 1 fully saturated rings. The van der Waals surface area contributed by atoms with Gasteiger partial charge in [-0.15, -0.1) is 0 Å². The van der Waals surface area contributed by atoms with Crippen LogP contribution in [-0.4, -0.2) is 49.0 Å². The summed E-state index contributed by atoms with van der Waals surface area (Å²) in [5.74, 6) is -0.0430. The molecule has 0 aromatic rings. The number of nitrogens with two attached hydrogens (primary N) is 1. The van der Waals surface area contributed by atoms with Gasteiger partial charge in [-0.1, -0.05) is 24.4 Å². The summed E-state index contributed by atoms with van der Waals surface area (Å²) in [6, 6.07) is 0. The Morgan fingerprint density at radius 3 is 2.53 bits per heavy atom. The summed E-state index contributed by atoms with van der Waals surface area (Å²) >= 11 is 0. The van der Waals surface area contributed by atoms with Gasteiger partial charge >= 0.3 is 0 Å². The Morgan fingerprint density at radius 2 is 2.00 bits per heavy atom. The van der Waals surface area contributed by atoms with Gasteiger partial charge in [0.25, 0.3) is 0 Å². The highest BCUT2D eigenvalue weighted by Gasteiger charge is 2.43. The molecular formula is C13H26N4O2. The van der Waals surface area contributed by atoms with Gasteiger partial charge in [-0.05, 0) is 39.9 Å². The maximum absolute atomic E-state index is 12.4. The van der Waals surface area contributed by atoms with Gasteiger partial charge in [0.15, 0.2) is 5.84 Å². The molecule has 1 amide bonds. The minimum atomic E-state index is -0.800. The molecule has 0 bridgehead atoms. The molecular weight excluding hydrogens is 244 g/mol. The predicted molar refractivity (Wildman–Crippen MR) is 75.1 cm³/mol. The molecule has 1 saturated carbocycles. The molecule has 0 heterocycles. The summed E-state index contributed by atoms with van der Waals surface area (Å²) in [6.45, 7) is 1.55. The lowest BCUT2D eigenvalue weighted by Gasteiger charge is -2.34. The lowest BCUT2D eigenvalue weighted by molar-refractivity contribution is -0.129. The van der Waals surface area contributed by atoms with Crippen molar-refractivity contribution in [3.63, 3.8) is 0 Å². The van der Waals surface area contributed by atoms with E-state index in [-0.39, 0.29) is 11.7 Å². The first-order valence-corrected chi connectivity index (χ1v) is 6.94. The van der Waals surface area contributed by atoms with Gasteiger partial charge in [-0.25, -0.2) is 0 Å². The van der Waals surface area contributed by atoms with Gasteiger partial charge in [0, 0.05) is 6.54 Å². The number of nitrogens with one attached hydrogen (secondary N) is 1. The van der Waals surface area contributed by atoms with Crippen LogP contribution in [0.3, 0.4) is 0 Å². The van der Waals surface area contributed by atoms with Gasteiger partial charge in [0.05, 0.1) is 0 Å². The van der Waals surface area contributed by atoms with Gasteiger partial charge in [0.2, 0.25) is 5.91 Å². The number of hydrogen-bond acceptors (Lipinski definition) is 4. The molecule has 4 N–H and O–H groups in total. The Kier molecular flexibility index (Phi) is 6.08. The predicted octanol–water partition coefficient (Wildman–Crippen LogP) is 0.751. The molecule has 1 aliphatic carbocycles. The van der Waals surface area contributed by atoms with Gasteiger partial charge in [-0.2, -0.15) is 0 Å². The van der Waals surface area contributed by atoms with Crippen molar-refractivity contribution in [2.45, 2.75) is 38.5 Å². The number of nitrogens with zero attached hydrogens (tertiary/aromatic N) is 2. The third-order valence-electron chi connectivity index (χ3n) is 3.81. The van der Waals surface area contributed by atoms with Gasteiger partial charge in [0.1, 0.15) is 5.41 Å². The average Bonchev–Trinajstić information content (AvgIpc) is 2.42. The van der Waals surface area contributed by atoms with Crippen LogP contribution in [0.2, 0.25) is 0 Å². The Labute approximate surface area is 115 Å². The Hall–Kier alpha value is -1.30. The zero-order chi connectivity index (χ0) is 14.3. The fourth-order valence-corrected chi connectivity index (χ4v) is 2.62. The molecule has 0 aromatic heterocycles. The molecule has 0 saturated heterocycles. The molecule has 110 valence electrons. The maximum atomic E-state index is 12.4. The van der Waals surface area contributed by atoms with Crippen LogP contribution in [0.25, 0.3) is 0 Å². The van der Waals surface area contributed by atoms with Crippen molar-refractivity contribution >= 4 is 11.7 Å². The Morgan fingerprint density at radius 1 is 1.37 bits per heavy atom. The lowest BCUT2D eigenvalue weighted by Crippen LogP contribution is -2.51. The van der Waals surface area contributed by atoms with Crippen molar-refractivity contribution in [2.24, 2.45) is 16.3 Å². The van der Waals surface area contributed by atoms with E-state index in [0.29, 0.717) is 19.4 Å². The topological polar surface area (TPSA) is 91.0 Å². The minimum absolute atomic E-state index is 0.0531. The fraction of sp³-hybridized carbons (Fsp3) is 0.846. The molecule has 1 rings (SSSR count). The molecule has 0 atom stereocenters. The van der Waals surface area contributed by atoms with Crippen LogP contribution >= 0.6 is 0 Å². The highest BCUT2D eigenvalue weighted by atomic mass is 16.4. The van der Waals surface area contributed by atoms with Crippen LogP contribution in [0, 0.1) is 5.41 Å². The van der Waals surface area contributed by atoms with E-state index in [1.165, 1.54) is 0 Å². The standard InChI is InChI=1S/C13H26N4O2/c1-17(2)10-6-9-15-12(18)13(11(14)16-19)7-4-3-5-8-13/h19H,3-10H2,1-2H3,(H2,14,16)(H,15,18). The first-order valence-electron chi connectivity index (χ1n) is 6.94. The van der Waals surface area contributed by atoms with E-state index in [0.717, 1.165) is 32.2 Å². The maximum Gasteiger partial charge on any atom is 0.233 e. The van der Waals surface area contributed by atoms with Crippen molar-refractivity contribution < 1.29 is 10.0 Å². The smallest absolute Gasteiger partial charge is 0.233 e. The third kappa shape index (κ3) is 4.09. The second-order valence-electron chi connectivity index (χ2n) is 5.54. The highest BCUT2D eigenvalue weighted by molar-refractivity contribution is 6.06. The lowest BCUT2D eigenvalue weighted by atomic mass is 9.72. The number of carbonyl (C=O) groups is 1. The third-order valence-corrected chi connectivity index (χ3v) is 3.81. The van der Waals surface area contributed by atoms with Crippen LogP contribution in [0.4, 0.5) is 0 Å². The number of oxime groups is 1. The SMILES string of the molecule is CN(C)CCCNC(=O)C1(C(N)=NO)CCCCC1. The van der Waals surface area contributed by atoms with Crippen molar-refractivity contribution in [2.75, 3.05) is 27.2 Å². The molecule has 0 radical (unpaired) electrons. The fourth-order valence-electron chi connectivity index (χ4n) is 2.62. The van der Waals surface area contributed by atoms with E-state index in [9.17, 15) is 4.79 Å². The number of rotatable bonds is 6. The van der Waals surface area contributed by atoms with E-state index < -0.39 is 5.41 Å². The molecule has 0 aliphatic heterocycles. The van der Waals surface area contributed by atoms with Crippen molar-refractivity contribution in [3.8, 4) is 0 Å². The van der Waals surface area contributed by atoms with Gasteiger partial charge < -0.3 is 21.2 Å². The molecule has 0 aromatic carbocycles. The molecule has 0 unspecified atom stereocenters. The van der Waals surface area contributed by atoms with Gasteiger partial charge in [-0.3, -0.25) is 4.79 Å². The molecule has 1 aliphatic rings. The van der Waals surface area contributed by atoms with E-state index in [4.69, 9.17) is 10.9 Å². The second kappa shape index (κ2) is 7.33. The van der Waals surface area contributed by atoms with E-state index >= 15 is 0 Å².